The van der Waals surface area contributed by atoms with Crippen LogP contribution in [0.5, 0.6) is 5.75 Å². The van der Waals surface area contributed by atoms with Crippen LogP contribution in [-0.2, 0) is 0 Å². The van der Waals surface area contributed by atoms with E-state index in [0.29, 0.717) is 0 Å². The normalized spacial score (nSPS) is 19.9. The summed E-state index contributed by atoms with van der Waals surface area (Å²) in [6.07, 6.45) is 4.83. The van der Waals surface area contributed by atoms with E-state index in [1.54, 1.807) is 0 Å². The van der Waals surface area contributed by atoms with Crippen LogP contribution in [0.1, 0.15) is 37.7 Å². The first-order chi connectivity index (χ1) is 7.18. The summed E-state index contributed by atoms with van der Waals surface area (Å²) < 4.78 is 5.65. The number of hydrogen-bond donors (Lipinski definition) is 1. The van der Waals surface area contributed by atoms with E-state index in [1.165, 1.54) is 12.0 Å². The third kappa shape index (κ3) is 2.72. The molecule has 2 heteroatoms. The molecule has 1 aliphatic carbocycles. The molecule has 0 amide bonds. The summed E-state index contributed by atoms with van der Waals surface area (Å²) in [6.45, 7) is 2.04. The van der Waals surface area contributed by atoms with Crippen molar-refractivity contribution < 1.29 is 9.84 Å². The van der Waals surface area contributed by atoms with Crippen molar-refractivity contribution in [2.45, 2.75) is 44.8 Å². The molecule has 0 spiro atoms. The Hall–Kier alpha value is -1.02. The molecule has 0 radical (unpaired) electrons. The molecule has 1 aliphatic rings. The smallest absolute Gasteiger partial charge is 0.208 e. The van der Waals surface area contributed by atoms with E-state index in [0.717, 1.165) is 31.4 Å². The van der Waals surface area contributed by atoms with Crippen LogP contribution in [0.3, 0.4) is 0 Å². The Morgan fingerprint density at radius 2 is 1.67 bits per heavy atom. The minimum absolute atomic E-state index is 0.751. The van der Waals surface area contributed by atoms with Gasteiger partial charge < -0.3 is 9.84 Å². The van der Waals surface area contributed by atoms with E-state index in [-0.39, 0.29) is 0 Å². The summed E-state index contributed by atoms with van der Waals surface area (Å²) in [7, 11) is 0. The van der Waals surface area contributed by atoms with Crippen LogP contribution in [0.4, 0.5) is 0 Å². The highest BCUT2D eigenvalue weighted by molar-refractivity contribution is 5.26. The third-order valence-electron chi connectivity index (χ3n) is 2.96. The minimum atomic E-state index is -0.923. The van der Waals surface area contributed by atoms with Crippen molar-refractivity contribution in [2.24, 2.45) is 0 Å². The van der Waals surface area contributed by atoms with Crippen LogP contribution in [-0.4, -0.2) is 10.9 Å². The summed E-state index contributed by atoms with van der Waals surface area (Å²) in [5.74, 6) is -0.155. The molecule has 0 bridgehead atoms. The van der Waals surface area contributed by atoms with Crippen LogP contribution in [0, 0.1) is 6.92 Å². The fraction of sp³-hybridized carbons (Fsp3) is 0.538. The molecule has 0 heterocycles. The van der Waals surface area contributed by atoms with Crippen molar-refractivity contribution in [1.82, 2.24) is 0 Å². The maximum absolute atomic E-state index is 10.2. The first kappa shape index (κ1) is 10.5. The number of benzene rings is 1. The maximum Gasteiger partial charge on any atom is 0.208 e. The number of ether oxygens (including phenoxy) is 1. The highest BCUT2D eigenvalue weighted by atomic mass is 16.6. The lowest BCUT2D eigenvalue weighted by Crippen LogP contribution is -2.37. The molecular formula is C13H18O2. The highest BCUT2D eigenvalue weighted by Crippen LogP contribution is 2.30. The van der Waals surface area contributed by atoms with Gasteiger partial charge in [-0.3, -0.25) is 0 Å². The van der Waals surface area contributed by atoms with E-state index in [9.17, 15) is 5.11 Å². The molecule has 2 rings (SSSR count). The Morgan fingerprint density at radius 3 is 2.27 bits per heavy atom. The Morgan fingerprint density at radius 1 is 1.07 bits per heavy atom. The molecule has 0 saturated heterocycles. The SMILES string of the molecule is Cc1ccc(OC2(O)CCCCC2)cc1. The fourth-order valence-corrected chi connectivity index (χ4v) is 2.03. The largest absolute Gasteiger partial charge is 0.463 e. The van der Waals surface area contributed by atoms with E-state index >= 15 is 0 Å². The van der Waals surface area contributed by atoms with Gasteiger partial charge in [0.15, 0.2) is 0 Å². The van der Waals surface area contributed by atoms with Gasteiger partial charge >= 0.3 is 0 Å². The van der Waals surface area contributed by atoms with Crippen LogP contribution < -0.4 is 4.74 Å². The van der Waals surface area contributed by atoms with Gasteiger partial charge in [0.1, 0.15) is 5.75 Å². The molecule has 1 aromatic carbocycles. The van der Waals surface area contributed by atoms with Crippen LogP contribution in [0.25, 0.3) is 0 Å². The van der Waals surface area contributed by atoms with Crippen molar-refractivity contribution in [3.63, 3.8) is 0 Å². The zero-order valence-corrected chi connectivity index (χ0v) is 9.20. The molecule has 0 atom stereocenters. The lowest BCUT2D eigenvalue weighted by Gasteiger charge is -2.32. The van der Waals surface area contributed by atoms with Crippen LogP contribution in [0.2, 0.25) is 0 Å². The van der Waals surface area contributed by atoms with Gasteiger partial charge in [0.25, 0.3) is 0 Å². The molecule has 0 unspecified atom stereocenters. The molecule has 1 fully saturated rings. The summed E-state index contributed by atoms with van der Waals surface area (Å²) in [5.41, 5.74) is 1.21. The highest BCUT2D eigenvalue weighted by Gasteiger charge is 2.31. The van der Waals surface area contributed by atoms with Gasteiger partial charge in [-0.25, -0.2) is 0 Å². The van der Waals surface area contributed by atoms with Gasteiger partial charge in [0.2, 0.25) is 5.79 Å². The van der Waals surface area contributed by atoms with Crippen molar-refractivity contribution in [1.29, 1.82) is 0 Å². The second-order valence-corrected chi connectivity index (χ2v) is 4.42. The average Bonchev–Trinajstić information content (AvgIpc) is 2.22. The zero-order valence-electron chi connectivity index (χ0n) is 9.20. The molecule has 1 N–H and O–H groups in total. The van der Waals surface area contributed by atoms with Crippen molar-refractivity contribution in [3.8, 4) is 5.75 Å². The molecule has 1 saturated carbocycles. The van der Waals surface area contributed by atoms with Gasteiger partial charge in [0, 0.05) is 12.8 Å². The first-order valence-electron chi connectivity index (χ1n) is 5.66. The zero-order chi connectivity index (χ0) is 10.7. The lowest BCUT2D eigenvalue weighted by molar-refractivity contribution is -0.158. The standard InChI is InChI=1S/C13H18O2/c1-11-5-7-12(8-6-11)15-13(14)9-3-2-4-10-13/h5-8,14H,2-4,9-10H2,1H3. The van der Waals surface area contributed by atoms with Gasteiger partial charge in [-0.1, -0.05) is 24.1 Å². The van der Waals surface area contributed by atoms with Gasteiger partial charge in [-0.05, 0) is 31.9 Å². The molecule has 1 aromatic rings. The fourth-order valence-electron chi connectivity index (χ4n) is 2.03. The summed E-state index contributed by atoms with van der Waals surface area (Å²) in [6, 6.07) is 7.84. The van der Waals surface area contributed by atoms with Crippen LogP contribution in [0.15, 0.2) is 24.3 Å². The molecule has 15 heavy (non-hydrogen) atoms. The molecular weight excluding hydrogens is 188 g/mol. The number of aliphatic hydroxyl groups is 1. The van der Waals surface area contributed by atoms with Crippen molar-refractivity contribution in [3.05, 3.63) is 29.8 Å². The maximum atomic E-state index is 10.2. The van der Waals surface area contributed by atoms with Gasteiger partial charge in [0.05, 0.1) is 0 Å². The van der Waals surface area contributed by atoms with E-state index in [2.05, 4.69) is 0 Å². The van der Waals surface area contributed by atoms with E-state index in [4.69, 9.17) is 4.74 Å². The van der Waals surface area contributed by atoms with Gasteiger partial charge in [-0.2, -0.15) is 0 Å². The topological polar surface area (TPSA) is 29.5 Å². The number of hydrogen-bond acceptors (Lipinski definition) is 2. The van der Waals surface area contributed by atoms with Crippen molar-refractivity contribution in [2.75, 3.05) is 0 Å². The Kier molecular flexibility index (Phi) is 2.96. The Balaban J connectivity index is 2.03. The minimum Gasteiger partial charge on any atom is -0.463 e. The van der Waals surface area contributed by atoms with Crippen LogP contribution >= 0.6 is 0 Å². The second-order valence-electron chi connectivity index (χ2n) is 4.42. The monoisotopic (exact) mass is 206 g/mol. The predicted octanol–water partition coefficient (Wildman–Crippen LogP) is 3.03. The second kappa shape index (κ2) is 4.23. The third-order valence-corrected chi connectivity index (χ3v) is 2.96. The van der Waals surface area contributed by atoms with Crippen molar-refractivity contribution >= 4 is 0 Å². The summed E-state index contributed by atoms with van der Waals surface area (Å²) >= 11 is 0. The first-order valence-corrected chi connectivity index (χ1v) is 5.66. The number of rotatable bonds is 2. The summed E-state index contributed by atoms with van der Waals surface area (Å²) in [4.78, 5) is 0. The molecule has 2 nitrogen and oxygen atoms in total. The number of aryl methyl sites for hydroxylation is 1. The molecule has 82 valence electrons. The average molecular weight is 206 g/mol. The van der Waals surface area contributed by atoms with Gasteiger partial charge in [-0.15, -0.1) is 0 Å². The molecule has 0 aromatic heterocycles. The summed E-state index contributed by atoms with van der Waals surface area (Å²) in [5, 5.41) is 10.2. The quantitative estimate of drug-likeness (QED) is 0.754. The van der Waals surface area contributed by atoms with E-state index < -0.39 is 5.79 Å². The lowest BCUT2D eigenvalue weighted by atomic mass is 9.94. The van der Waals surface area contributed by atoms with E-state index in [1.807, 2.05) is 31.2 Å². The molecule has 0 aliphatic heterocycles. The Bertz CT molecular complexity index is 310. The predicted molar refractivity (Wildman–Crippen MR) is 59.8 cm³/mol. The Labute approximate surface area is 90.9 Å².